The first-order valence-corrected chi connectivity index (χ1v) is 29.2. The van der Waals surface area contributed by atoms with Crippen molar-refractivity contribution in [2.75, 3.05) is 16.8 Å². The maximum absolute atomic E-state index is 12.5. The summed E-state index contributed by atoms with van der Waals surface area (Å²) >= 11 is 7.41. The van der Waals surface area contributed by atoms with E-state index in [9.17, 15) is 9.59 Å². The molecule has 414 valence electrons. The van der Waals surface area contributed by atoms with Crippen molar-refractivity contribution in [1.29, 1.82) is 0 Å². The van der Waals surface area contributed by atoms with E-state index < -0.39 is 12.4 Å². The molecule has 9 aromatic heterocycles. The van der Waals surface area contributed by atoms with Gasteiger partial charge in [0, 0.05) is 92.0 Å². The number of thiazole rings is 3. The van der Waals surface area contributed by atoms with Crippen LogP contribution in [0.2, 0.25) is 0 Å². The van der Waals surface area contributed by atoms with E-state index in [0.717, 1.165) is 63.6 Å². The van der Waals surface area contributed by atoms with E-state index in [2.05, 4.69) is 81.7 Å². The molecule has 0 atom stereocenters. The van der Waals surface area contributed by atoms with Crippen LogP contribution in [-0.2, 0) is 9.31 Å². The minimum Gasteiger partial charge on any atom is -0.478 e. The smallest absolute Gasteiger partial charge is 0.478 e. The number of aromatic nitrogens is 12. The van der Waals surface area contributed by atoms with E-state index in [0.29, 0.717) is 38.4 Å². The number of rotatable bonds is 9. The number of nitrogens with one attached hydrogen (secondary N) is 4. The SMILES string of the molecule is CC1(C)OB(c2cn[nH]c2)OC1(C)C.Nc1nc2ccc(-c3cn[nH]c3)nc2s1.Nc1nc2ccc(Br)nc2s1.O=C(Nc1nc2ccc(-c3cn[nH]c3)nc2s1)c1ccc(C2CC2)cc1.O=C(O)c1ccc(C2CC2)cc1.[B].[B][B]B([B])[B]. The molecule has 11 aromatic rings. The Morgan fingerprint density at radius 3 is 1.54 bits per heavy atom. The summed E-state index contributed by atoms with van der Waals surface area (Å²) in [6.45, 7) is 8.14. The summed E-state index contributed by atoms with van der Waals surface area (Å²) in [6, 6.07) is 26.4. The van der Waals surface area contributed by atoms with Gasteiger partial charge in [0.05, 0.1) is 40.5 Å². The first-order chi connectivity index (χ1) is 39.8. The Morgan fingerprint density at radius 1 is 0.655 bits per heavy atom. The van der Waals surface area contributed by atoms with Crippen LogP contribution in [0, 0.1) is 0 Å². The number of hydrogen-bond donors (Lipinski definition) is 7. The number of carboxylic acid groups (broad SMARTS) is 1. The van der Waals surface area contributed by atoms with Gasteiger partial charge in [-0.2, -0.15) is 15.3 Å². The number of fused-ring (bicyclic) bond motifs is 3. The molecule has 0 unspecified atom stereocenters. The molecular formula is C53H51B7BrN15O5S3. The van der Waals surface area contributed by atoms with Crippen LogP contribution in [0.1, 0.15) is 97.1 Å². The van der Waals surface area contributed by atoms with Crippen molar-refractivity contribution in [2.45, 2.75) is 76.4 Å². The van der Waals surface area contributed by atoms with Crippen molar-refractivity contribution >= 4 is 166 Å². The van der Waals surface area contributed by atoms with Gasteiger partial charge in [-0.3, -0.25) is 25.4 Å². The molecule has 14 rings (SSSR count). The van der Waals surface area contributed by atoms with E-state index in [-0.39, 0.29) is 32.6 Å². The molecule has 3 aliphatic rings. The molecular weight excluding hydrogens is 1180 g/mol. The first-order valence-electron chi connectivity index (χ1n) is 25.9. The van der Waals surface area contributed by atoms with Gasteiger partial charge in [0.2, 0.25) is 0 Å². The van der Waals surface area contributed by atoms with Crippen molar-refractivity contribution in [1.82, 2.24) is 60.5 Å². The summed E-state index contributed by atoms with van der Waals surface area (Å²) in [5.74, 6) is 0.388. The van der Waals surface area contributed by atoms with E-state index in [1.54, 1.807) is 49.3 Å². The molecule has 84 heavy (non-hydrogen) atoms. The Bertz CT molecular complexity index is 3890. The zero-order chi connectivity index (χ0) is 58.8. The number of halogens is 1. The molecule has 0 spiro atoms. The number of benzene rings is 2. The van der Waals surface area contributed by atoms with Crippen molar-refractivity contribution in [3.8, 4) is 22.5 Å². The number of nitrogen functional groups attached to an aromatic ring is 2. The predicted molar refractivity (Wildman–Crippen MR) is 345 cm³/mol. The van der Waals surface area contributed by atoms with E-state index in [1.807, 2.05) is 100 Å². The van der Waals surface area contributed by atoms with Crippen LogP contribution in [0.4, 0.5) is 15.4 Å². The van der Waals surface area contributed by atoms with Gasteiger partial charge in [0.25, 0.3) is 5.91 Å². The van der Waals surface area contributed by atoms with Gasteiger partial charge in [0.1, 0.15) is 35.6 Å². The van der Waals surface area contributed by atoms with Crippen LogP contribution in [0.15, 0.2) is 127 Å². The highest BCUT2D eigenvalue weighted by Gasteiger charge is 2.52. The van der Waals surface area contributed by atoms with Gasteiger partial charge in [-0.15, -0.1) is 0 Å². The average molecular weight is 1230 g/mol. The summed E-state index contributed by atoms with van der Waals surface area (Å²) < 4.78 is 12.5. The van der Waals surface area contributed by atoms with Crippen LogP contribution in [0.5, 0.6) is 0 Å². The van der Waals surface area contributed by atoms with Gasteiger partial charge < -0.3 is 25.9 Å². The predicted octanol–water partition coefficient (Wildman–Crippen LogP) is 8.60. The molecule has 2 saturated carbocycles. The third kappa shape index (κ3) is 16.7. The lowest BCUT2D eigenvalue weighted by atomic mass is 8.97. The monoisotopic (exact) mass is 1230 g/mol. The zero-order valence-electron chi connectivity index (χ0n) is 45.9. The molecule has 1 saturated heterocycles. The largest absolute Gasteiger partial charge is 0.498 e. The highest BCUT2D eigenvalue weighted by atomic mass is 79.9. The quantitative estimate of drug-likeness (QED) is 0.0526. The number of carbonyl (C=O) groups excluding carboxylic acids is 1. The Kier molecular flexibility index (Phi) is 20.9. The number of hydrogen-bond acceptors (Lipinski definition) is 18. The number of anilines is 3. The number of H-pyrrole nitrogens is 3. The standard InChI is InChI=1S/C19H15N5OS.C10H10O2.C9H15BN2O2.C9H7N5S.C6H4BrN3S.B5.B/c25-17(13-5-3-12(4-6-13)11-1-2-11)24-19-23-16-8-7-15(22-18(16)26-19)14-9-20-21-10-14;11-10(12)9-5-3-8(4-6-9)7-1-2-7;1-8(2)9(3,4)14-10(13-8)7-5-11-12-6-7;10-9-14-7-2-1-6(13-8(7)15-9)5-3-11-12-4-5;7-4-2-1-3-5(10-4)11-6(8)9-3;1-4-5(2)3;/h3-11H,1-2H2,(H,20,21)(H,23,24,25);3-7H,1-2H2,(H,11,12);5-6H,1-4H3,(H,11,12);1-4H,(H2,10,14)(H,11,12);1-2H,(H2,8,9);;. The lowest BCUT2D eigenvalue weighted by molar-refractivity contribution is 0.00578. The Balaban J connectivity index is 0.000000139. The van der Waals surface area contributed by atoms with Crippen LogP contribution >= 0.6 is 49.9 Å². The van der Waals surface area contributed by atoms with E-state index in [4.69, 9.17) is 49.1 Å². The molecule has 2 aliphatic carbocycles. The molecule has 10 radical (unpaired) electrons. The fourth-order valence-corrected chi connectivity index (χ4v) is 10.5. The highest BCUT2D eigenvalue weighted by Crippen LogP contribution is 2.41. The third-order valence-electron chi connectivity index (χ3n) is 13.3. The van der Waals surface area contributed by atoms with Gasteiger partial charge in [0.15, 0.2) is 15.4 Å². The summed E-state index contributed by atoms with van der Waals surface area (Å²) in [7, 11) is 15.5. The number of aromatic amines is 3. The normalized spacial score (nSPS) is 14.3. The number of nitrogens with zero attached hydrogens (tertiary/aromatic N) is 9. The summed E-state index contributed by atoms with van der Waals surface area (Å²) in [4.78, 5) is 51.4. The second-order valence-corrected chi connectivity index (χ2v) is 23.8. The molecule has 0 bridgehead atoms. The molecule has 3 fully saturated rings. The number of aromatic carboxylic acids is 1. The number of carboxylic acids is 1. The van der Waals surface area contributed by atoms with Gasteiger partial charge in [-0.1, -0.05) is 58.3 Å². The molecule has 2 aromatic carbocycles. The van der Waals surface area contributed by atoms with Gasteiger partial charge in [-0.25, -0.2) is 34.7 Å². The number of amides is 1. The van der Waals surface area contributed by atoms with Crippen LogP contribution in [0.3, 0.4) is 0 Å². The van der Waals surface area contributed by atoms with Crippen molar-refractivity contribution in [3.05, 3.63) is 149 Å². The minimum absolute atomic E-state index is 0. The fourth-order valence-electron chi connectivity index (χ4n) is 7.80. The molecule has 20 nitrogen and oxygen atoms in total. The zero-order valence-corrected chi connectivity index (χ0v) is 50.0. The van der Waals surface area contributed by atoms with Crippen LogP contribution in [0.25, 0.3) is 53.6 Å². The van der Waals surface area contributed by atoms with Gasteiger partial charge >= 0.3 is 13.1 Å². The summed E-state index contributed by atoms with van der Waals surface area (Å²) in [5, 5.41) is 33.1. The first kappa shape index (κ1) is 62.6. The fraction of sp³-hybridized carbons (Fsp3) is 0.226. The molecule has 1 amide bonds. The molecule has 31 heteroatoms. The number of carbonyl (C=O) groups is 2. The number of nitrogens with two attached hydrogens (primary N) is 2. The molecule has 9 N–H and O–H groups in total. The Hall–Kier alpha value is -7.42. The van der Waals surface area contributed by atoms with E-state index in [1.165, 1.54) is 77.9 Å². The Labute approximate surface area is 511 Å². The molecule has 1 aliphatic heterocycles. The van der Waals surface area contributed by atoms with Gasteiger partial charge in [-0.05, 0) is 153 Å². The maximum atomic E-state index is 12.5. The minimum atomic E-state index is -0.850. The second-order valence-electron chi connectivity index (χ2n) is 20.0. The topological polar surface area (TPSA) is 300 Å². The van der Waals surface area contributed by atoms with Crippen molar-refractivity contribution in [2.24, 2.45) is 0 Å². The van der Waals surface area contributed by atoms with Crippen LogP contribution < -0.4 is 22.2 Å². The van der Waals surface area contributed by atoms with E-state index >= 15 is 0 Å². The van der Waals surface area contributed by atoms with Crippen molar-refractivity contribution in [3.63, 3.8) is 0 Å². The lowest BCUT2D eigenvalue weighted by Crippen LogP contribution is -2.41. The number of pyridine rings is 3. The summed E-state index contributed by atoms with van der Waals surface area (Å²) in [6.07, 6.45) is 15.1. The van der Waals surface area contributed by atoms with Crippen molar-refractivity contribution < 1.29 is 24.0 Å². The van der Waals surface area contributed by atoms with Crippen LogP contribution in [-0.4, -0.2) is 141 Å². The Morgan fingerprint density at radius 2 is 1.10 bits per heavy atom. The third-order valence-corrected chi connectivity index (χ3v) is 16.2. The lowest BCUT2D eigenvalue weighted by Gasteiger charge is -2.32. The second kappa shape index (κ2) is 28.0. The average Bonchev–Trinajstić information content (AvgIpc) is 3.27. The molecule has 10 heterocycles. The highest BCUT2D eigenvalue weighted by molar-refractivity contribution is 9.10. The maximum Gasteiger partial charge on any atom is 0.498 e. The summed E-state index contributed by atoms with van der Waals surface area (Å²) in [5.41, 5.74) is 21.1.